The van der Waals surface area contributed by atoms with E-state index < -0.39 is 6.36 Å². The van der Waals surface area contributed by atoms with Crippen LogP contribution in [-0.4, -0.2) is 35.9 Å². The van der Waals surface area contributed by atoms with Crippen LogP contribution >= 0.6 is 0 Å². The van der Waals surface area contributed by atoms with Crippen LogP contribution in [0, 0.1) is 0 Å². The fourth-order valence-corrected chi connectivity index (χ4v) is 3.46. The standard InChI is InChI=1S/C17H20F3NO3/c18-17(19,20)24-14-5-2-1-4-13(14)12-21-10-9-16(7-3-11-23-16)8-6-15(21)22/h1-2,4-5H,3,6-12H2. The van der Waals surface area contributed by atoms with Crippen LogP contribution in [0.15, 0.2) is 24.3 Å². The minimum absolute atomic E-state index is 0.0517. The van der Waals surface area contributed by atoms with Gasteiger partial charge in [0.15, 0.2) is 0 Å². The second-order valence-electron chi connectivity index (χ2n) is 6.36. The molecule has 0 saturated carbocycles. The van der Waals surface area contributed by atoms with Crippen molar-refractivity contribution in [3.05, 3.63) is 29.8 Å². The van der Waals surface area contributed by atoms with Crippen molar-refractivity contribution in [1.29, 1.82) is 0 Å². The highest BCUT2D eigenvalue weighted by molar-refractivity contribution is 5.76. The number of carbonyl (C=O) groups excluding carboxylic acids is 1. The molecule has 2 fully saturated rings. The molecule has 1 spiro atoms. The number of nitrogens with zero attached hydrogens (tertiary/aromatic N) is 1. The van der Waals surface area contributed by atoms with Crippen molar-refractivity contribution < 1.29 is 27.4 Å². The topological polar surface area (TPSA) is 38.8 Å². The van der Waals surface area contributed by atoms with Crippen molar-refractivity contribution in [2.24, 2.45) is 0 Å². The smallest absolute Gasteiger partial charge is 0.405 e. The molecule has 2 heterocycles. The van der Waals surface area contributed by atoms with Crippen LogP contribution in [0.1, 0.15) is 37.7 Å². The molecule has 1 unspecified atom stereocenters. The van der Waals surface area contributed by atoms with Gasteiger partial charge in [-0.25, -0.2) is 0 Å². The largest absolute Gasteiger partial charge is 0.573 e. The van der Waals surface area contributed by atoms with E-state index in [4.69, 9.17) is 4.74 Å². The molecule has 3 rings (SSSR count). The SMILES string of the molecule is O=C1CCC2(CCCO2)CCN1Cc1ccccc1OC(F)(F)F. The molecule has 1 aromatic carbocycles. The predicted molar refractivity (Wildman–Crippen MR) is 80.3 cm³/mol. The number of halogens is 3. The lowest BCUT2D eigenvalue weighted by Gasteiger charge is -2.27. The number of benzene rings is 1. The average Bonchev–Trinajstić information content (AvgIpc) is 2.92. The quantitative estimate of drug-likeness (QED) is 0.841. The van der Waals surface area contributed by atoms with Crippen LogP contribution in [0.3, 0.4) is 0 Å². The summed E-state index contributed by atoms with van der Waals surface area (Å²) in [7, 11) is 0. The zero-order valence-corrected chi connectivity index (χ0v) is 13.3. The van der Waals surface area contributed by atoms with E-state index in [1.165, 1.54) is 12.1 Å². The minimum atomic E-state index is -4.75. The molecule has 0 aliphatic carbocycles. The van der Waals surface area contributed by atoms with Gasteiger partial charge >= 0.3 is 6.36 Å². The molecule has 2 saturated heterocycles. The van der Waals surface area contributed by atoms with Gasteiger partial charge in [0.05, 0.1) is 5.60 Å². The predicted octanol–water partition coefficient (Wildman–Crippen LogP) is 3.65. The maximum atomic E-state index is 12.5. The summed E-state index contributed by atoms with van der Waals surface area (Å²) in [6.07, 6.45) is -1.04. The first-order chi connectivity index (χ1) is 11.4. The number of alkyl halides is 3. The van der Waals surface area contributed by atoms with E-state index in [9.17, 15) is 18.0 Å². The number of para-hydroxylation sites is 1. The van der Waals surface area contributed by atoms with Crippen molar-refractivity contribution in [3.8, 4) is 5.75 Å². The van der Waals surface area contributed by atoms with Gasteiger partial charge in [-0.15, -0.1) is 13.2 Å². The van der Waals surface area contributed by atoms with Crippen molar-refractivity contribution in [3.63, 3.8) is 0 Å². The van der Waals surface area contributed by atoms with Gasteiger partial charge in [-0.3, -0.25) is 4.79 Å². The monoisotopic (exact) mass is 343 g/mol. The average molecular weight is 343 g/mol. The fraction of sp³-hybridized carbons (Fsp3) is 0.588. The highest BCUT2D eigenvalue weighted by atomic mass is 19.4. The number of amides is 1. The van der Waals surface area contributed by atoms with E-state index in [0.717, 1.165) is 25.9 Å². The summed E-state index contributed by atoms with van der Waals surface area (Å²) in [4.78, 5) is 14.0. The Hall–Kier alpha value is -1.76. The van der Waals surface area contributed by atoms with E-state index in [1.54, 1.807) is 17.0 Å². The molecule has 0 aromatic heterocycles. The minimum Gasteiger partial charge on any atom is -0.405 e. The number of hydrogen-bond donors (Lipinski definition) is 0. The molecule has 2 aliphatic rings. The third-order valence-corrected chi connectivity index (χ3v) is 4.73. The Morgan fingerprint density at radius 2 is 2.00 bits per heavy atom. The van der Waals surface area contributed by atoms with E-state index in [1.807, 2.05) is 0 Å². The fourth-order valence-electron chi connectivity index (χ4n) is 3.46. The molecule has 1 aromatic rings. The number of carbonyl (C=O) groups is 1. The van der Waals surface area contributed by atoms with Crippen molar-refractivity contribution in [2.75, 3.05) is 13.2 Å². The maximum Gasteiger partial charge on any atom is 0.573 e. The Morgan fingerprint density at radius 3 is 2.71 bits per heavy atom. The Morgan fingerprint density at radius 1 is 1.21 bits per heavy atom. The Kier molecular flexibility index (Phi) is 4.71. The van der Waals surface area contributed by atoms with E-state index in [-0.39, 0.29) is 23.8 Å². The summed E-state index contributed by atoms with van der Waals surface area (Å²) in [5.41, 5.74) is 0.123. The molecule has 0 bridgehead atoms. The maximum absolute atomic E-state index is 12.5. The van der Waals surface area contributed by atoms with Crippen LogP contribution in [0.2, 0.25) is 0 Å². The summed E-state index contributed by atoms with van der Waals surface area (Å²) in [6, 6.07) is 5.95. The first kappa shape index (κ1) is 17.1. The molecular weight excluding hydrogens is 323 g/mol. The van der Waals surface area contributed by atoms with Crippen LogP contribution in [0.4, 0.5) is 13.2 Å². The normalized spacial score (nSPS) is 25.1. The van der Waals surface area contributed by atoms with Gasteiger partial charge in [0, 0.05) is 31.7 Å². The lowest BCUT2D eigenvalue weighted by Crippen LogP contribution is -2.32. The van der Waals surface area contributed by atoms with Crippen LogP contribution in [0.25, 0.3) is 0 Å². The van der Waals surface area contributed by atoms with Gasteiger partial charge in [-0.05, 0) is 31.7 Å². The first-order valence-electron chi connectivity index (χ1n) is 8.12. The van der Waals surface area contributed by atoms with E-state index in [0.29, 0.717) is 24.9 Å². The van der Waals surface area contributed by atoms with Crippen molar-refractivity contribution in [1.82, 2.24) is 4.90 Å². The molecule has 0 N–H and O–H groups in total. The summed E-state index contributed by atoms with van der Waals surface area (Å²) >= 11 is 0. The molecule has 4 nitrogen and oxygen atoms in total. The molecule has 2 aliphatic heterocycles. The number of rotatable bonds is 3. The zero-order chi connectivity index (χ0) is 17.2. The number of hydrogen-bond acceptors (Lipinski definition) is 3. The molecule has 7 heteroatoms. The lowest BCUT2D eigenvalue weighted by molar-refractivity contribution is -0.275. The summed E-state index contributed by atoms with van der Waals surface area (Å²) in [6.45, 7) is 1.32. The summed E-state index contributed by atoms with van der Waals surface area (Å²) in [5.74, 6) is -0.307. The summed E-state index contributed by atoms with van der Waals surface area (Å²) < 4.78 is 47.5. The van der Waals surface area contributed by atoms with E-state index in [2.05, 4.69) is 4.74 Å². The van der Waals surface area contributed by atoms with Gasteiger partial charge < -0.3 is 14.4 Å². The summed E-state index contributed by atoms with van der Waals surface area (Å²) in [5, 5.41) is 0. The number of likely N-dealkylation sites (tertiary alicyclic amines) is 1. The second-order valence-corrected chi connectivity index (χ2v) is 6.36. The highest BCUT2D eigenvalue weighted by Crippen LogP contribution is 2.36. The molecule has 132 valence electrons. The Labute approximate surface area is 138 Å². The van der Waals surface area contributed by atoms with Gasteiger partial charge in [-0.1, -0.05) is 18.2 Å². The molecule has 1 amide bonds. The Bertz CT molecular complexity index is 597. The third-order valence-electron chi connectivity index (χ3n) is 4.73. The van der Waals surface area contributed by atoms with Gasteiger partial charge in [-0.2, -0.15) is 0 Å². The van der Waals surface area contributed by atoms with Crippen LogP contribution in [0.5, 0.6) is 5.75 Å². The molecular formula is C17H20F3NO3. The lowest BCUT2D eigenvalue weighted by atomic mass is 9.92. The highest BCUT2D eigenvalue weighted by Gasteiger charge is 2.39. The molecule has 1 atom stereocenters. The second kappa shape index (κ2) is 6.63. The molecule has 0 radical (unpaired) electrons. The van der Waals surface area contributed by atoms with Crippen LogP contribution in [-0.2, 0) is 16.1 Å². The van der Waals surface area contributed by atoms with Gasteiger partial charge in [0.2, 0.25) is 5.91 Å². The Balaban J connectivity index is 1.72. The third kappa shape index (κ3) is 4.01. The van der Waals surface area contributed by atoms with Gasteiger partial charge in [0.1, 0.15) is 5.75 Å². The van der Waals surface area contributed by atoms with E-state index >= 15 is 0 Å². The first-order valence-corrected chi connectivity index (χ1v) is 8.12. The van der Waals surface area contributed by atoms with Gasteiger partial charge in [0.25, 0.3) is 0 Å². The zero-order valence-electron chi connectivity index (χ0n) is 13.3. The van der Waals surface area contributed by atoms with Crippen LogP contribution < -0.4 is 4.74 Å². The van der Waals surface area contributed by atoms with Crippen molar-refractivity contribution in [2.45, 2.75) is 50.6 Å². The van der Waals surface area contributed by atoms with Crippen molar-refractivity contribution >= 4 is 5.91 Å². The number of ether oxygens (including phenoxy) is 2. The molecule has 24 heavy (non-hydrogen) atoms.